The molecule has 0 saturated carbocycles. The number of nitrogens with zero attached hydrogens (tertiary/aromatic N) is 7. The molecule has 0 atom stereocenters. The third-order valence-electron chi connectivity index (χ3n) is 3.13. The van der Waals surface area contributed by atoms with Gasteiger partial charge in [0.2, 0.25) is 5.95 Å². The minimum atomic E-state index is -0.0306. The molecule has 0 saturated heterocycles. The molecule has 9 heteroatoms. The van der Waals surface area contributed by atoms with E-state index in [0.717, 1.165) is 24.6 Å². The van der Waals surface area contributed by atoms with Crippen molar-refractivity contribution >= 4 is 11.8 Å². The summed E-state index contributed by atoms with van der Waals surface area (Å²) in [6.45, 7) is 3.95. The van der Waals surface area contributed by atoms with Gasteiger partial charge in [0.25, 0.3) is 0 Å². The Labute approximate surface area is 114 Å². The fraction of sp³-hybridized carbons (Fsp3) is 0.364. The molecule has 0 spiro atoms. The number of rotatable bonds is 2. The van der Waals surface area contributed by atoms with E-state index < -0.39 is 0 Å². The van der Waals surface area contributed by atoms with Gasteiger partial charge in [-0.1, -0.05) is 5.16 Å². The molecule has 3 rings (SSSR count). The molecule has 0 unspecified atom stereocenters. The van der Waals surface area contributed by atoms with Gasteiger partial charge in [-0.25, -0.2) is 9.97 Å². The Morgan fingerprint density at radius 1 is 1.40 bits per heavy atom. The Kier molecular flexibility index (Phi) is 2.93. The predicted octanol–water partition coefficient (Wildman–Crippen LogP) is -0.509. The molecule has 0 fully saturated rings. The second-order valence-electron chi connectivity index (χ2n) is 4.54. The molecule has 1 aliphatic heterocycles. The van der Waals surface area contributed by atoms with Gasteiger partial charge in [0.1, 0.15) is 12.0 Å². The smallest absolute Gasteiger partial charge is 0.226 e. The van der Waals surface area contributed by atoms with Gasteiger partial charge in [-0.2, -0.15) is 0 Å². The summed E-state index contributed by atoms with van der Waals surface area (Å²) in [4.78, 5) is 10.7. The maximum absolute atomic E-state index is 8.75. The zero-order valence-electron chi connectivity index (χ0n) is 10.9. The lowest BCUT2D eigenvalue weighted by Gasteiger charge is -2.27. The maximum Gasteiger partial charge on any atom is 0.226 e. The van der Waals surface area contributed by atoms with Crippen LogP contribution in [0.2, 0.25) is 0 Å². The van der Waals surface area contributed by atoms with E-state index in [9.17, 15) is 0 Å². The highest BCUT2D eigenvalue weighted by Crippen LogP contribution is 2.16. The van der Waals surface area contributed by atoms with Crippen molar-refractivity contribution in [2.75, 3.05) is 11.4 Å². The van der Waals surface area contributed by atoms with E-state index >= 15 is 0 Å². The monoisotopic (exact) mass is 274 g/mol. The summed E-state index contributed by atoms with van der Waals surface area (Å²) in [6, 6.07) is 1.67. The molecule has 1 aliphatic rings. The number of amidine groups is 1. The first-order valence-electron chi connectivity index (χ1n) is 6.12. The van der Waals surface area contributed by atoms with E-state index in [1.54, 1.807) is 12.4 Å². The Morgan fingerprint density at radius 2 is 2.25 bits per heavy atom. The molecule has 0 bridgehead atoms. The third kappa shape index (κ3) is 2.13. The summed E-state index contributed by atoms with van der Waals surface area (Å²) in [7, 11) is 0. The molecule has 2 aromatic heterocycles. The highest BCUT2D eigenvalue weighted by atomic mass is 16.4. The summed E-state index contributed by atoms with van der Waals surface area (Å²) in [6.07, 6.45) is 1.71. The van der Waals surface area contributed by atoms with Gasteiger partial charge in [-0.3, -0.25) is 0 Å². The van der Waals surface area contributed by atoms with Crippen molar-refractivity contribution in [2.24, 2.45) is 10.9 Å². The largest absolute Gasteiger partial charge is 0.409 e. The molecular weight excluding hydrogens is 260 g/mol. The van der Waals surface area contributed by atoms with Crippen LogP contribution < -0.4 is 10.6 Å². The van der Waals surface area contributed by atoms with Crippen molar-refractivity contribution in [3.05, 3.63) is 29.6 Å². The molecule has 3 N–H and O–H groups in total. The van der Waals surface area contributed by atoms with Crippen molar-refractivity contribution in [3.8, 4) is 0 Å². The van der Waals surface area contributed by atoms with Crippen molar-refractivity contribution < 1.29 is 5.21 Å². The zero-order chi connectivity index (χ0) is 14.1. The number of hydrogen-bond donors (Lipinski definition) is 2. The first-order chi connectivity index (χ1) is 9.67. The summed E-state index contributed by atoms with van der Waals surface area (Å²) in [5.74, 6) is 1.38. The predicted molar refractivity (Wildman–Crippen MR) is 70.4 cm³/mol. The van der Waals surface area contributed by atoms with Crippen LogP contribution in [-0.2, 0) is 13.1 Å². The molecule has 104 valence electrons. The van der Waals surface area contributed by atoms with E-state index in [4.69, 9.17) is 10.9 Å². The highest BCUT2D eigenvalue weighted by molar-refractivity contribution is 5.95. The Bertz CT molecular complexity index is 664. The molecular formula is C11H14N8O. The lowest BCUT2D eigenvalue weighted by Crippen LogP contribution is -2.35. The second-order valence-corrected chi connectivity index (χ2v) is 4.54. The normalized spacial score (nSPS) is 15.2. The van der Waals surface area contributed by atoms with E-state index in [0.29, 0.717) is 18.2 Å². The quantitative estimate of drug-likeness (QED) is 0.327. The molecule has 0 aromatic carbocycles. The highest BCUT2D eigenvalue weighted by Gasteiger charge is 2.20. The minimum Gasteiger partial charge on any atom is -0.409 e. The lowest BCUT2D eigenvalue weighted by atomic mass is 10.3. The fourth-order valence-electron chi connectivity index (χ4n) is 2.11. The van der Waals surface area contributed by atoms with Gasteiger partial charge in [-0.05, 0) is 13.0 Å². The van der Waals surface area contributed by atoms with Crippen LogP contribution in [0.15, 0.2) is 17.5 Å². The summed E-state index contributed by atoms with van der Waals surface area (Å²) in [5, 5.41) is 19.7. The van der Waals surface area contributed by atoms with Gasteiger partial charge in [0, 0.05) is 18.8 Å². The summed E-state index contributed by atoms with van der Waals surface area (Å²) in [5.41, 5.74) is 6.74. The molecule has 20 heavy (non-hydrogen) atoms. The van der Waals surface area contributed by atoms with Crippen LogP contribution in [0.25, 0.3) is 0 Å². The molecule has 0 radical (unpaired) electrons. The van der Waals surface area contributed by atoms with Crippen LogP contribution >= 0.6 is 0 Å². The van der Waals surface area contributed by atoms with Crippen LogP contribution in [0, 0.1) is 6.92 Å². The number of nitrogens with two attached hydrogens (primary N) is 1. The average Bonchev–Trinajstić information content (AvgIpc) is 2.93. The Hall–Kier alpha value is -2.71. The minimum absolute atomic E-state index is 0.0306. The standard InChI is InChI=1S/C11H14N8O/c1-7-4-8(10(12)17-20)15-11(14-7)18-2-3-19-6-13-16-9(19)5-18/h4,6,20H,2-3,5H2,1H3,(H2,12,17). The van der Waals surface area contributed by atoms with Crippen LogP contribution in [0.5, 0.6) is 0 Å². The number of anilines is 1. The van der Waals surface area contributed by atoms with E-state index in [1.807, 2.05) is 16.4 Å². The second kappa shape index (κ2) is 4.76. The first kappa shape index (κ1) is 12.3. The van der Waals surface area contributed by atoms with Crippen LogP contribution in [0.3, 0.4) is 0 Å². The van der Waals surface area contributed by atoms with Crippen LogP contribution in [0.1, 0.15) is 17.2 Å². The van der Waals surface area contributed by atoms with Crippen molar-refractivity contribution in [3.63, 3.8) is 0 Å². The summed E-state index contributed by atoms with van der Waals surface area (Å²) >= 11 is 0. The van der Waals surface area contributed by atoms with Gasteiger partial charge < -0.3 is 20.4 Å². The number of oxime groups is 1. The third-order valence-corrected chi connectivity index (χ3v) is 3.13. The van der Waals surface area contributed by atoms with Gasteiger partial charge in [-0.15, -0.1) is 10.2 Å². The van der Waals surface area contributed by atoms with Gasteiger partial charge in [0.15, 0.2) is 11.7 Å². The SMILES string of the molecule is Cc1cc(/C(N)=N/O)nc(N2CCn3cnnc3C2)n1. The Balaban J connectivity index is 1.93. The molecule has 3 heterocycles. The van der Waals surface area contributed by atoms with Crippen LogP contribution in [0.4, 0.5) is 5.95 Å². The number of fused-ring (bicyclic) bond motifs is 1. The van der Waals surface area contributed by atoms with E-state index in [-0.39, 0.29) is 5.84 Å². The molecule has 2 aromatic rings. The number of hydrogen-bond acceptors (Lipinski definition) is 7. The van der Waals surface area contributed by atoms with Crippen molar-refractivity contribution in [2.45, 2.75) is 20.0 Å². The fourth-order valence-corrected chi connectivity index (χ4v) is 2.11. The van der Waals surface area contributed by atoms with Gasteiger partial charge in [0.05, 0.1) is 6.54 Å². The van der Waals surface area contributed by atoms with Crippen LogP contribution in [-0.4, -0.2) is 42.3 Å². The molecule has 0 aliphatic carbocycles. The molecule has 0 amide bonds. The number of aromatic nitrogens is 5. The topological polar surface area (TPSA) is 118 Å². The van der Waals surface area contributed by atoms with E-state index in [1.165, 1.54) is 0 Å². The lowest BCUT2D eigenvalue weighted by molar-refractivity contribution is 0.318. The molecule has 9 nitrogen and oxygen atoms in total. The zero-order valence-corrected chi connectivity index (χ0v) is 10.9. The average molecular weight is 274 g/mol. The number of aryl methyl sites for hydroxylation is 1. The van der Waals surface area contributed by atoms with E-state index in [2.05, 4.69) is 25.3 Å². The van der Waals surface area contributed by atoms with Gasteiger partial charge >= 0.3 is 0 Å². The Morgan fingerprint density at radius 3 is 3.05 bits per heavy atom. The van der Waals surface area contributed by atoms with Crippen molar-refractivity contribution in [1.82, 2.24) is 24.7 Å². The first-order valence-corrected chi connectivity index (χ1v) is 6.12. The maximum atomic E-state index is 8.75. The van der Waals surface area contributed by atoms with Crippen molar-refractivity contribution in [1.29, 1.82) is 0 Å². The summed E-state index contributed by atoms with van der Waals surface area (Å²) < 4.78 is 2.00.